The second-order valence-corrected chi connectivity index (χ2v) is 3.04. The number of nitrogens with zero attached hydrogens (tertiary/aromatic N) is 2. The zero-order chi connectivity index (χ0) is 9.02. The molecule has 4 heteroatoms. The highest BCUT2D eigenvalue weighted by Crippen LogP contribution is 2.14. The summed E-state index contributed by atoms with van der Waals surface area (Å²) in [7, 11) is 5.34. The van der Waals surface area contributed by atoms with Crippen LogP contribution in [-0.2, 0) is 0 Å². The molecule has 11 heavy (non-hydrogen) atoms. The first-order valence-corrected chi connectivity index (χ1v) is 3.92. The average Bonchev–Trinajstić information content (AvgIpc) is 2.00. The molecule has 0 atom stereocenters. The van der Waals surface area contributed by atoms with E-state index in [2.05, 4.69) is 4.99 Å². The highest BCUT2D eigenvalue weighted by atomic mass is 35.5. The zero-order valence-electron chi connectivity index (χ0n) is 7.15. The van der Waals surface area contributed by atoms with E-state index in [1.165, 1.54) is 0 Å². The fraction of sp³-hybridized carbons (Fsp3) is 0.571. The van der Waals surface area contributed by atoms with Gasteiger partial charge in [-0.2, -0.15) is 0 Å². The molecule has 0 aromatic carbocycles. The summed E-state index contributed by atoms with van der Waals surface area (Å²) >= 11 is 11.6. The average molecular weight is 195 g/mol. The maximum absolute atomic E-state index is 5.88. The van der Waals surface area contributed by atoms with Crippen molar-refractivity contribution < 1.29 is 0 Å². The molecule has 0 amide bonds. The fourth-order valence-electron chi connectivity index (χ4n) is 0.588. The Morgan fingerprint density at radius 3 is 2.00 bits per heavy atom. The quantitative estimate of drug-likeness (QED) is 0.487. The molecule has 0 unspecified atom stereocenters. The second-order valence-electron chi connectivity index (χ2n) is 2.32. The van der Waals surface area contributed by atoms with E-state index in [0.717, 1.165) is 5.57 Å². The van der Waals surface area contributed by atoms with Crippen LogP contribution in [0.15, 0.2) is 15.7 Å². The summed E-state index contributed by atoms with van der Waals surface area (Å²) in [6, 6.07) is 0. The van der Waals surface area contributed by atoms with Crippen molar-refractivity contribution in [3.8, 4) is 0 Å². The summed E-state index contributed by atoms with van der Waals surface area (Å²) in [6.07, 6.45) is 0. The van der Waals surface area contributed by atoms with Gasteiger partial charge in [-0.1, -0.05) is 23.2 Å². The molecular formula is C7H12Cl2N2. The first-order chi connectivity index (χ1) is 5.00. The Morgan fingerprint density at radius 2 is 1.73 bits per heavy atom. The van der Waals surface area contributed by atoms with Crippen molar-refractivity contribution in [3.05, 3.63) is 10.7 Å². The third-order valence-corrected chi connectivity index (χ3v) is 2.28. The summed E-state index contributed by atoms with van der Waals surface area (Å²) in [6.45, 7) is 1.83. The van der Waals surface area contributed by atoms with Crippen LogP contribution in [0.25, 0.3) is 0 Å². The van der Waals surface area contributed by atoms with Crippen LogP contribution in [0, 0.1) is 0 Å². The van der Waals surface area contributed by atoms with E-state index in [-0.39, 0.29) is 0 Å². The van der Waals surface area contributed by atoms with Crippen LogP contribution in [0.1, 0.15) is 6.92 Å². The van der Waals surface area contributed by atoms with Crippen LogP contribution in [0.4, 0.5) is 0 Å². The molecule has 0 rings (SSSR count). The summed E-state index contributed by atoms with van der Waals surface area (Å²) in [4.78, 5) is 5.59. The lowest BCUT2D eigenvalue weighted by atomic mass is 10.3. The van der Waals surface area contributed by atoms with Crippen molar-refractivity contribution >= 4 is 28.4 Å². The third kappa shape index (κ3) is 3.12. The van der Waals surface area contributed by atoms with E-state index < -0.39 is 0 Å². The van der Waals surface area contributed by atoms with Crippen LogP contribution < -0.4 is 0 Å². The second kappa shape index (κ2) is 4.62. The lowest BCUT2D eigenvalue weighted by Crippen LogP contribution is -2.10. The van der Waals surface area contributed by atoms with Gasteiger partial charge >= 0.3 is 0 Å². The van der Waals surface area contributed by atoms with Gasteiger partial charge in [-0.3, -0.25) is 4.99 Å². The van der Waals surface area contributed by atoms with Crippen LogP contribution in [-0.4, -0.2) is 31.2 Å². The number of hydrogen-bond acceptors (Lipinski definition) is 2. The molecule has 0 fully saturated rings. The van der Waals surface area contributed by atoms with E-state index in [4.69, 9.17) is 23.2 Å². The maximum Gasteiger partial charge on any atom is 0.129 e. The number of hydrogen-bond donors (Lipinski definition) is 0. The molecule has 0 spiro atoms. The molecule has 0 saturated carbocycles. The van der Waals surface area contributed by atoms with Crippen molar-refractivity contribution in [1.82, 2.24) is 4.90 Å². The van der Waals surface area contributed by atoms with Crippen molar-refractivity contribution in [2.75, 3.05) is 21.1 Å². The smallest absolute Gasteiger partial charge is 0.129 e. The predicted octanol–water partition coefficient (Wildman–Crippen LogP) is 2.29. The third-order valence-electron chi connectivity index (χ3n) is 1.21. The predicted molar refractivity (Wildman–Crippen MR) is 51.5 cm³/mol. The van der Waals surface area contributed by atoms with Crippen molar-refractivity contribution in [1.29, 1.82) is 0 Å². The highest BCUT2D eigenvalue weighted by molar-refractivity contribution is 6.70. The van der Waals surface area contributed by atoms with Crippen molar-refractivity contribution in [2.45, 2.75) is 6.92 Å². The standard InChI is InChI=1S/C7H12Cl2N2/c1-5(6(8)10-2)7(9)11(3)4/h1-4H3/b7-5-,10-6?. The van der Waals surface area contributed by atoms with Gasteiger partial charge in [0.2, 0.25) is 0 Å². The van der Waals surface area contributed by atoms with E-state index >= 15 is 0 Å². The van der Waals surface area contributed by atoms with Gasteiger partial charge in [-0.15, -0.1) is 0 Å². The SMILES string of the molecule is CN=C(Cl)/C(C)=C(/Cl)N(C)C. The lowest BCUT2D eigenvalue weighted by molar-refractivity contribution is 0.544. The van der Waals surface area contributed by atoms with E-state index in [1.54, 1.807) is 11.9 Å². The summed E-state index contributed by atoms with van der Waals surface area (Å²) < 4.78 is 0. The molecule has 0 heterocycles. The normalized spacial score (nSPS) is 14.5. The van der Waals surface area contributed by atoms with Crippen molar-refractivity contribution in [3.63, 3.8) is 0 Å². The fourth-order valence-corrected chi connectivity index (χ4v) is 0.816. The largest absolute Gasteiger partial charge is 0.368 e. The van der Waals surface area contributed by atoms with Gasteiger partial charge < -0.3 is 4.90 Å². The van der Waals surface area contributed by atoms with Gasteiger partial charge in [0.25, 0.3) is 0 Å². The molecule has 0 aromatic rings. The molecule has 0 aliphatic carbocycles. The summed E-state index contributed by atoms with van der Waals surface area (Å²) in [5.74, 6) is 0. The molecule has 0 N–H and O–H groups in total. The van der Waals surface area contributed by atoms with Gasteiger partial charge in [0.15, 0.2) is 0 Å². The number of allylic oxidation sites excluding steroid dienone is 1. The number of rotatable bonds is 2. The first-order valence-electron chi connectivity index (χ1n) is 3.17. The highest BCUT2D eigenvalue weighted by Gasteiger charge is 2.04. The van der Waals surface area contributed by atoms with E-state index in [0.29, 0.717) is 10.3 Å². The number of halogens is 2. The van der Waals surface area contributed by atoms with E-state index in [9.17, 15) is 0 Å². The molecule has 0 aliphatic rings. The van der Waals surface area contributed by atoms with Gasteiger partial charge in [0.1, 0.15) is 10.3 Å². The van der Waals surface area contributed by atoms with Crippen LogP contribution >= 0.6 is 23.2 Å². The van der Waals surface area contributed by atoms with Gasteiger partial charge in [-0.05, 0) is 6.92 Å². The van der Waals surface area contributed by atoms with Gasteiger partial charge in [-0.25, -0.2) is 0 Å². The number of aliphatic imine (C=N–C) groups is 1. The molecule has 0 aromatic heterocycles. The Kier molecular flexibility index (Phi) is 4.54. The minimum absolute atomic E-state index is 0.448. The Balaban J connectivity index is 4.67. The monoisotopic (exact) mass is 194 g/mol. The van der Waals surface area contributed by atoms with Crippen molar-refractivity contribution in [2.24, 2.45) is 4.99 Å². The Bertz CT molecular complexity index is 195. The summed E-state index contributed by atoms with van der Waals surface area (Å²) in [5, 5.41) is 1.06. The topological polar surface area (TPSA) is 15.6 Å². The van der Waals surface area contributed by atoms with Crippen LogP contribution in [0.3, 0.4) is 0 Å². The maximum atomic E-state index is 5.88. The van der Waals surface area contributed by atoms with Gasteiger partial charge in [0.05, 0.1) is 0 Å². The first kappa shape index (κ1) is 10.8. The molecule has 2 nitrogen and oxygen atoms in total. The van der Waals surface area contributed by atoms with Crippen LogP contribution in [0.5, 0.6) is 0 Å². The summed E-state index contributed by atoms with van der Waals surface area (Å²) in [5.41, 5.74) is 0.792. The Labute approximate surface area is 77.5 Å². The molecule has 64 valence electrons. The molecule has 0 bridgehead atoms. The molecule has 0 saturated heterocycles. The minimum atomic E-state index is 0.448. The molecule has 0 aliphatic heterocycles. The van der Waals surface area contributed by atoms with Crippen LogP contribution in [0.2, 0.25) is 0 Å². The Morgan fingerprint density at radius 1 is 1.27 bits per heavy atom. The Hall–Kier alpha value is -0.210. The van der Waals surface area contributed by atoms with E-state index in [1.807, 2.05) is 21.0 Å². The zero-order valence-corrected chi connectivity index (χ0v) is 8.66. The molecule has 0 radical (unpaired) electrons. The molecular weight excluding hydrogens is 183 g/mol. The minimum Gasteiger partial charge on any atom is -0.368 e. The lowest BCUT2D eigenvalue weighted by Gasteiger charge is -2.12. The van der Waals surface area contributed by atoms with Gasteiger partial charge in [0, 0.05) is 26.7 Å².